The fraction of sp³-hybridized carbons (Fsp3) is 0.588. The zero-order valence-electron chi connectivity index (χ0n) is 13.6. The van der Waals surface area contributed by atoms with E-state index in [-0.39, 0.29) is 24.4 Å². The molecule has 7 heteroatoms. The van der Waals surface area contributed by atoms with Crippen LogP contribution in [0.15, 0.2) is 18.2 Å². The molecule has 6 nitrogen and oxygen atoms in total. The van der Waals surface area contributed by atoms with Crippen molar-refractivity contribution < 1.29 is 23.4 Å². The predicted octanol–water partition coefficient (Wildman–Crippen LogP) is 1.65. The highest BCUT2D eigenvalue weighted by Crippen LogP contribution is 2.26. The van der Waals surface area contributed by atoms with Crippen molar-refractivity contribution in [3.8, 4) is 5.75 Å². The third-order valence-electron chi connectivity index (χ3n) is 4.18. The summed E-state index contributed by atoms with van der Waals surface area (Å²) < 4.78 is 30.0. The van der Waals surface area contributed by atoms with E-state index in [0.29, 0.717) is 44.3 Å². The molecule has 1 atom stereocenters. The molecule has 3 rings (SSSR count). The molecule has 2 saturated heterocycles. The third-order valence-corrected chi connectivity index (χ3v) is 4.18. The Balaban J connectivity index is 1.56. The highest BCUT2D eigenvalue weighted by Gasteiger charge is 2.19. The lowest BCUT2D eigenvalue weighted by molar-refractivity contribution is -0.133. The van der Waals surface area contributed by atoms with Crippen LogP contribution in [0.2, 0.25) is 0 Å². The second-order valence-corrected chi connectivity index (χ2v) is 5.93. The Hall–Kier alpha value is -1.86. The van der Waals surface area contributed by atoms with Gasteiger partial charge in [0, 0.05) is 25.8 Å². The van der Waals surface area contributed by atoms with E-state index < -0.39 is 0 Å². The molecule has 1 N–H and O–H groups in total. The Kier molecular flexibility index (Phi) is 5.87. The Labute approximate surface area is 140 Å². The van der Waals surface area contributed by atoms with Crippen LogP contribution in [-0.4, -0.2) is 63.0 Å². The molecule has 2 fully saturated rings. The summed E-state index contributed by atoms with van der Waals surface area (Å²) in [6.45, 7) is 3.58. The van der Waals surface area contributed by atoms with E-state index in [1.165, 1.54) is 12.1 Å². The van der Waals surface area contributed by atoms with Crippen molar-refractivity contribution in [2.45, 2.75) is 18.9 Å². The molecule has 0 aliphatic carbocycles. The predicted molar refractivity (Wildman–Crippen MR) is 86.8 cm³/mol. The number of carbonyl (C=O) groups excluding carboxylic acids is 1. The van der Waals surface area contributed by atoms with Crippen LogP contribution in [0.5, 0.6) is 5.75 Å². The Morgan fingerprint density at radius 3 is 2.92 bits per heavy atom. The molecular weight excluding hydrogens is 315 g/mol. The Morgan fingerprint density at radius 2 is 2.17 bits per heavy atom. The van der Waals surface area contributed by atoms with Gasteiger partial charge in [0.15, 0.2) is 0 Å². The summed E-state index contributed by atoms with van der Waals surface area (Å²) in [6.07, 6.45) is 2.09. The molecule has 1 aromatic rings. The van der Waals surface area contributed by atoms with E-state index in [1.807, 2.05) is 0 Å². The largest absolute Gasteiger partial charge is 0.489 e. The lowest BCUT2D eigenvalue weighted by atomic mass is 10.2. The van der Waals surface area contributed by atoms with Gasteiger partial charge in [-0.15, -0.1) is 0 Å². The van der Waals surface area contributed by atoms with E-state index in [0.717, 1.165) is 19.4 Å². The van der Waals surface area contributed by atoms with Crippen molar-refractivity contribution in [3.05, 3.63) is 24.0 Å². The van der Waals surface area contributed by atoms with Gasteiger partial charge in [0.2, 0.25) is 5.91 Å². The number of hydrogen-bond acceptors (Lipinski definition) is 5. The normalized spacial score (nSPS) is 20.9. The Bertz CT molecular complexity index is 558. The third kappa shape index (κ3) is 4.58. The van der Waals surface area contributed by atoms with E-state index in [1.54, 1.807) is 11.0 Å². The van der Waals surface area contributed by atoms with E-state index in [4.69, 9.17) is 14.2 Å². The van der Waals surface area contributed by atoms with Crippen LogP contribution in [-0.2, 0) is 14.3 Å². The van der Waals surface area contributed by atoms with Crippen molar-refractivity contribution in [2.75, 3.05) is 51.4 Å². The smallest absolute Gasteiger partial charge is 0.242 e. The van der Waals surface area contributed by atoms with Gasteiger partial charge >= 0.3 is 0 Å². The van der Waals surface area contributed by atoms with Crippen molar-refractivity contribution in [2.24, 2.45) is 0 Å². The van der Waals surface area contributed by atoms with Crippen LogP contribution in [0, 0.1) is 5.82 Å². The van der Waals surface area contributed by atoms with Gasteiger partial charge in [-0.25, -0.2) is 4.39 Å². The molecule has 2 aliphatic heterocycles. The fourth-order valence-corrected chi connectivity index (χ4v) is 2.82. The lowest BCUT2D eigenvalue weighted by Gasteiger charge is -2.27. The lowest BCUT2D eigenvalue weighted by Crippen LogP contribution is -2.43. The van der Waals surface area contributed by atoms with Gasteiger partial charge in [0.05, 0.1) is 31.5 Å². The van der Waals surface area contributed by atoms with Crippen molar-refractivity contribution >= 4 is 11.6 Å². The molecule has 1 aromatic carbocycles. The van der Waals surface area contributed by atoms with Crippen LogP contribution in [0.25, 0.3) is 0 Å². The molecule has 0 spiro atoms. The maximum Gasteiger partial charge on any atom is 0.242 e. The number of nitrogens with one attached hydrogen (secondary N) is 1. The van der Waals surface area contributed by atoms with Crippen LogP contribution in [0.3, 0.4) is 0 Å². The zero-order valence-corrected chi connectivity index (χ0v) is 13.6. The van der Waals surface area contributed by atoms with Crippen molar-refractivity contribution in [3.63, 3.8) is 0 Å². The monoisotopic (exact) mass is 338 g/mol. The molecule has 0 unspecified atom stereocenters. The first-order valence-corrected chi connectivity index (χ1v) is 8.36. The fourth-order valence-electron chi connectivity index (χ4n) is 2.82. The van der Waals surface area contributed by atoms with Crippen LogP contribution >= 0.6 is 0 Å². The summed E-state index contributed by atoms with van der Waals surface area (Å²) in [6, 6.07) is 4.27. The number of nitrogens with zero attached hydrogens (tertiary/aromatic N) is 1. The summed E-state index contributed by atoms with van der Waals surface area (Å²) in [4.78, 5) is 13.9. The number of rotatable bonds is 6. The number of carbonyl (C=O) groups is 1. The topological polar surface area (TPSA) is 60.0 Å². The summed E-state index contributed by atoms with van der Waals surface area (Å²) in [7, 11) is 0. The maximum atomic E-state index is 13.5. The van der Waals surface area contributed by atoms with E-state index in [2.05, 4.69) is 5.32 Å². The van der Waals surface area contributed by atoms with Gasteiger partial charge in [-0.2, -0.15) is 0 Å². The minimum Gasteiger partial charge on any atom is -0.489 e. The van der Waals surface area contributed by atoms with Crippen molar-refractivity contribution in [1.82, 2.24) is 4.90 Å². The van der Waals surface area contributed by atoms with E-state index in [9.17, 15) is 9.18 Å². The van der Waals surface area contributed by atoms with Gasteiger partial charge in [-0.1, -0.05) is 0 Å². The summed E-state index contributed by atoms with van der Waals surface area (Å²) in [5.74, 6) is 0.120. The highest BCUT2D eigenvalue weighted by molar-refractivity contribution is 5.81. The molecule has 2 heterocycles. The molecule has 1 amide bonds. The van der Waals surface area contributed by atoms with Crippen molar-refractivity contribution in [1.29, 1.82) is 0 Å². The number of amides is 1. The first-order valence-electron chi connectivity index (χ1n) is 8.36. The van der Waals surface area contributed by atoms with Crippen LogP contribution < -0.4 is 10.1 Å². The van der Waals surface area contributed by atoms with Crippen LogP contribution in [0.4, 0.5) is 10.1 Å². The summed E-state index contributed by atoms with van der Waals surface area (Å²) in [5.41, 5.74) is 0.481. The number of anilines is 1. The standard InChI is InChI=1S/C17H23FN2O4/c18-13-3-4-16(24-12-14-2-1-7-23-14)15(10-13)19-11-17(21)20-5-8-22-9-6-20/h3-4,10,14,19H,1-2,5-9,11-12H2/t14-/m1/s1. The molecule has 24 heavy (non-hydrogen) atoms. The average Bonchev–Trinajstić information content (AvgIpc) is 3.13. The maximum absolute atomic E-state index is 13.5. The van der Waals surface area contributed by atoms with Crippen LogP contribution in [0.1, 0.15) is 12.8 Å². The second kappa shape index (κ2) is 8.30. The van der Waals surface area contributed by atoms with Gasteiger partial charge in [0.1, 0.15) is 18.2 Å². The van der Waals surface area contributed by atoms with Gasteiger partial charge in [-0.3, -0.25) is 4.79 Å². The molecule has 0 aromatic heterocycles. The summed E-state index contributed by atoms with van der Waals surface area (Å²) in [5, 5.41) is 2.99. The first kappa shape index (κ1) is 17.0. The number of hydrogen-bond donors (Lipinski definition) is 1. The number of morpholine rings is 1. The average molecular weight is 338 g/mol. The molecular formula is C17H23FN2O4. The quantitative estimate of drug-likeness (QED) is 0.855. The zero-order chi connectivity index (χ0) is 16.8. The van der Waals surface area contributed by atoms with E-state index >= 15 is 0 Å². The molecule has 0 saturated carbocycles. The van der Waals surface area contributed by atoms with Gasteiger partial charge in [-0.05, 0) is 25.0 Å². The SMILES string of the molecule is O=C(CNc1cc(F)ccc1OC[C@H]1CCCO1)N1CCOCC1. The highest BCUT2D eigenvalue weighted by atomic mass is 19.1. The number of benzene rings is 1. The number of halogens is 1. The van der Waals surface area contributed by atoms with Gasteiger partial charge in [0.25, 0.3) is 0 Å². The Morgan fingerprint density at radius 1 is 1.33 bits per heavy atom. The minimum absolute atomic E-state index is 0.0346. The first-order chi connectivity index (χ1) is 11.7. The minimum atomic E-state index is -0.374. The summed E-state index contributed by atoms with van der Waals surface area (Å²) >= 11 is 0. The second-order valence-electron chi connectivity index (χ2n) is 5.93. The molecule has 0 bridgehead atoms. The van der Waals surface area contributed by atoms with Gasteiger partial charge < -0.3 is 24.4 Å². The number of ether oxygens (including phenoxy) is 3. The molecule has 2 aliphatic rings. The molecule has 0 radical (unpaired) electrons. The molecule has 132 valence electrons.